The summed E-state index contributed by atoms with van der Waals surface area (Å²) in [6.07, 6.45) is 3.06. The van der Waals surface area contributed by atoms with Crippen LogP contribution in [0.15, 0.2) is 72.8 Å². The fraction of sp³-hybridized carbons (Fsp3) is 0.459. The highest BCUT2D eigenvalue weighted by Gasteiger charge is 2.42. The lowest BCUT2D eigenvalue weighted by Crippen LogP contribution is -2.39. The van der Waals surface area contributed by atoms with E-state index in [0.717, 1.165) is 95.3 Å². The minimum atomic E-state index is -0.0762. The predicted octanol–water partition coefficient (Wildman–Crippen LogP) is 5.78. The van der Waals surface area contributed by atoms with Gasteiger partial charge in [0, 0.05) is 51.3 Å². The topological polar surface area (TPSA) is 63.1 Å². The zero-order valence-corrected chi connectivity index (χ0v) is 27.1. The van der Waals surface area contributed by atoms with Crippen LogP contribution < -0.4 is 9.64 Å². The van der Waals surface area contributed by atoms with Gasteiger partial charge >= 0.3 is 0 Å². The van der Waals surface area contributed by atoms with Gasteiger partial charge < -0.3 is 28.7 Å². The number of methoxy groups -OCH3 is 1. The number of hydrogen-bond acceptors (Lipinski definition) is 6. The fourth-order valence-corrected chi connectivity index (χ4v) is 7.17. The predicted molar refractivity (Wildman–Crippen MR) is 180 cm³/mol. The molecule has 0 spiro atoms. The van der Waals surface area contributed by atoms with Crippen molar-refractivity contribution in [2.45, 2.75) is 45.1 Å². The van der Waals surface area contributed by atoms with E-state index in [-0.39, 0.29) is 11.3 Å². The minimum absolute atomic E-state index is 0.0611. The molecule has 4 aromatic rings. The number of ether oxygens (including phenoxy) is 2. The van der Waals surface area contributed by atoms with Crippen molar-refractivity contribution in [1.29, 1.82) is 0 Å². The lowest BCUT2D eigenvalue weighted by Gasteiger charge is -2.33. The fourth-order valence-electron chi connectivity index (χ4n) is 7.17. The number of aromatic nitrogens is 2. The van der Waals surface area contributed by atoms with Gasteiger partial charge in [-0.3, -0.25) is 4.79 Å². The summed E-state index contributed by atoms with van der Waals surface area (Å²) in [5, 5.41) is 0. The van der Waals surface area contributed by atoms with Crippen LogP contribution >= 0.6 is 0 Å². The van der Waals surface area contributed by atoms with Crippen molar-refractivity contribution in [1.82, 2.24) is 19.4 Å². The number of carbonyl (C=O) groups is 1. The molecule has 6 rings (SSSR count). The van der Waals surface area contributed by atoms with Crippen LogP contribution in [0.25, 0.3) is 11.0 Å². The molecule has 0 aliphatic carbocycles. The highest BCUT2D eigenvalue weighted by molar-refractivity contribution is 5.97. The van der Waals surface area contributed by atoms with Gasteiger partial charge in [-0.15, -0.1) is 0 Å². The average Bonchev–Trinajstić information content (AvgIpc) is 3.59. The number of imidazole rings is 1. The highest BCUT2D eigenvalue weighted by Crippen LogP contribution is 2.39. The molecule has 0 saturated carbocycles. The Labute approximate surface area is 267 Å². The van der Waals surface area contributed by atoms with Crippen LogP contribution in [0.3, 0.4) is 0 Å². The molecule has 1 aromatic heterocycles. The number of aryl methyl sites for hydroxylation is 1. The van der Waals surface area contributed by atoms with Crippen LogP contribution in [0.1, 0.15) is 47.7 Å². The summed E-state index contributed by atoms with van der Waals surface area (Å²) in [5.41, 5.74) is 5.18. The van der Waals surface area contributed by atoms with Crippen LogP contribution in [0, 0.1) is 6.92 Å². The largest absolute Gasteiger partial charge is 0.496 e. The smallest absolute Gasteiger partial charge is 0.257 e. The SMILES string of the molecule is CCOCCn1c(N2CCCN(CCC3(c4ccccc4)CCN(C(=O)c4cc(C)ccc4OC)C3)CC2)nc2ccccc21. The molecule has 3 heterocycles. The molecule has 8 heteroatoms. The first-order valence-corrected chi connectivity index (χ1v) is 16.5. The third-order valence-electron chi connectivity index (χ3n) is 9.69. The second-order valence-corrected chi connectivity index (χ2v) is 12.5. The average molecular weight is 610 g/mol. The third kappa shape index (κ3) is 6.72. The van der Waals surface area contributed by atoms with E-state index in [0.29, 0.717) is 17.9 Å². The number of anilines is 1. The summed E-state index contributed by atoms with van der Waals surface area (Å²) < 4.78 is 13.6. The molecule has 2 fully saturated rings. The van der Waals surface area contributed by atoms with Crippen LogP contribution in [-0.2, 0) is 16.7 Å². The number of likely N-dealkylation sites (tertiary alicyclic amines) is 1. The number of nitrogens with zero attached hydrogens (tertiary/aromatic N) is 5. The van der Waals surface area contributed by atoms with Crippen molar-refractivity contribution in [3.63, 3.8) is 0 Å². The Hall–Kier alpha value is -3.88. The number of hydrogen-bond donors (Lipinski definition) is 0. The Morgan fingerprint density at radius 1 is 0.933 bits per heavy atom. The molecule has 2 aliphatic heterocycles. The Bertz CT molecular complexity index is 1590. The first-order chi connectivity index (χ1) is 22.0. The van der Waals surface area contributed by atoms with Gasteiger partial charge in [-0.05, 0) is 76.0 Å². The van der Waals surface area contributed by atoms with E-state index >= 15 is 0 Å². The normalized spacial score (nSPS) is 19.3. The van der Waals surface area contributed by atoms with Gasteiger partial charge in [0.05, 0.1) is 30.3 Å². The highest BCUT2D eigenvalue weighted by atomic mass is 16.5. The van der Waals surface area contributed by atoms with Crippen molar-refractivity contribution in [2.75, 3.05) is 71.0 Å². The maximum Gasteiger partial charge on any atom is 0.257 e. The van der Waals surface area contributed by atoms with E-state index < -0.39 is 0 Å². The van der Waals surface area contributed by atoms with Crippen molar-refractivity contribution in [2.24, 2.45) is 0 Å². The number of para-hydroxylation sites is 2. The van der Waals surface area contributed by atoms with Crippen LogP contribution in [0.2, 0.25) is 0 Å². The molecule has 1 unspecified atom stereocenters. The number of amides is 1. The van der Waals surface area contributed by atoms with Crippen LogP contribution in [0.5, 0.6) is 5.75 Å². The van der Waals surface area contributed by atoms with Gasteiger partial charge in [0.25, 0.3) is 5.91 Å². The standard InChI is InChI=1S/C37H47N5O3/c1-4-45-26-25-42-33-14-9-8-13-32(33)38-36(42)40-20-10-19-39(23-24-40)21-17-37(30-11-6-5-7-12-30)18-22-41(28-37)35(43)31-27-29(2)15-16-34(31)44-3/h5-9,11-16,27H,4,10,17-26,28H2,1-3H3. The molecule has 238 valence electrons. The number of carbonyl (C=O) groups excluding carboxylic acids is 1. The van der Waals surface area contributed by atoms with Gasteiger partial charge in [-0.1, -0.05) is 54.1 Å². The van der Waals surface area contributed by atoms with Crippen molar-refractivity contribution in [3.8, 4) is 5.75 Å². The molecule has 1 amide bonds. The van der Waals surface area contributed by atoms with Gasteiger partial charge in [0.1, 0.15) is 5.75 Å². The molecule has 1 atom stereocenters. The van der Waals surface area contributed by atoms with E-state index in [2.05, 4.69) is 69.0 Å². The molecule has 0 radical (unpaired) electrons. The molecular formula is C37H47N5O3. The Morgan fingerprint density at radius 3 is 2.58 bits per heavy atom. The van der Waals surface area contributed by atoms with Gasteiger partial charge in [0.15, 0.2) is 0 Å². The van der Waals surface area contributed by atoms with E-state index in [9.17, 15) is 4.79 Å². The first kappa shape index (κ1) is 31.1. The molecule has 2 aliphatic rings. The summed E-state index contributed by atoms with van der Waals surface area (Å²) in [4.78, 5) is 26.0. The Kier molecular flexibility index (Phi) is 9.71. The lowest BCUT2D eigenvalue weighted by molar-refractivity contribution is 0.0777. The zero-order valence-electron chi connectivity index (χ0n) is 27.1. The van der Waals surface area contributed by atoms with Gasteiger partial charge in [0.2, 0.25) is 5.95 Å². The molecule has 0 N–H and O–H groups in total. The molecule has 2 saturated heterocycles. The third-order valence-corrected chi connectivity index (χ3v) is 9.69. The number of benzene rings is 3. The van der Waals surface area contributed by atoms with E-state index in [1.54, 1.807) is 7.11 Å². The summed E-state index contributed by atoms with van der Waals surface area (Å²) in [7, 11) is 1.64. The van der Waals surface area contributed by atoms with Gasteiger partial charge in [-0.25, -0.2) is 4.98 Å². The zero-order chi connectivity index (χ0) is 31.2. The van der Waals surface area contributed by atoms with E-state index in [1.807, 2.05) is 36.9 Å². The van der Waals surface area contributed by atoms with Crippen LogP contribution in [-0.4, -0.2) is 91.4 Å². The summed E-state index contributed by atoms with van der Waals surface area (Å²) in [6, 6.07) is 25.1. The molecule has 8 nitrogen and oxygen atoms in total. The lowest BCUT2D eigenvalue weighted by atomic mass is 9.76. The Balaban J connectivity index is 1.16. The van der Waals surface area contributed by atoms with Crippen LogP contribution in [0.4, 0.5) is 5.95 Å². The summed E-state index contributed by atoms with van der Waals surface area (Å²) >= 11 is 0. The number of fused-ring (bicyclic) bond motifs is 1. The maximum absolute atomic E-state index is 13.8. The molecule has 45 heavy (non-hydrogen) atoms. The molecule has 0 bridgehead atoms. The van der Waals surface area contributed by atoms with E-state index in [1.165, 1.54) is 11.1 Å². The van der Waals surface area contributed by atoms with E-state index in [4.69, 9.17) is 14.5 Å². The van der Waals surface area contributed by atoms with Crippen molar-refractivity contribution in [3.05, 3.63) is 89.5 Å². The Morgan fingerprint density at radius 2 is 1.76 bits per heavy atom. The summed E-state index contributed by atoms with van der Waals surface area (Å²) in [5.74, 6) is 1.75. The molecule has 3 aromatic carbocycles. The summed E-state index contributed by atoms with van der Waals surface area (Å²) in [6.45, 7) is 12.7. The van der Waals surface area contributed by atoms with Gasteiger partial charge in [-0.2, -0.15) is 0 Å². The minimum Gasteiger partial charge on any atom is -0.496 e. The van der Waals surface area contributed by atoms with Crippen molar-refractivity contribution >= 4 is 22.9 Å². The monoisotopic (exact) mass is 609 g/mol. The quantitative estimate of drug-likeness (QED) is 0.201. The molecular weight excluding hydrogens is 562 g/mol. The first-order valence-electron chi connectivity index (χ1n) is 16.5. The van der Waals surface area contributed by atoms with Crippen molar-refractivity contribution < 1.29 is 14.3 Å². The second-order valence-electron chi connectivity index (χ2n) is 12.5. The number of rotatable bonds is 11. The second kappa shape index (κ2) is 14.0. The maximum atomic E-state index is 13.8.